The van der Waals surface area contributed by atoms with Crippen molar-refractivity contribution >= 4 is 34.2 Å². The number of carbonyl (C=O) groups excluding carboxylic acids is 3. The zero-order valence-corrected chi connectivity index (χ0v) is 19.4. The van der Waals surface area contributed by atoms with E-state index in [2.05, 4.69) is 10.6 Å². The molecule has 3 N–H and O–H groups in total. The van der Waals surface area contributed by atoms with E-state index in [4.69, 9.17) is 4.74 Å². The van der Waals surface area contributed by atoms with Crippen LogP contribution in [0.3, 0.4) is 0 Å². The van der Waals surface area contributed by atoms with Crippen molar-refractivity contribution in [2.75, 3.05) is 11.9 Å². The Bertz CT molecular complexity index is 1100. The molecule has 0 bridgehead atoms. The van der Waals surface area contributed by atoms with Crippen LogP contribution in [-0.4, -0.2) is 48.2 Å². The molecular weight excluding hydrogens is 451 g/mol. The van der Waals surface area contributed by atoms with Crippen molar-refractivity contribution in [1.29, 1.82) is 0 Å². The van der Waals surface area contributed by atoms with Crippen molar-refractivity contribution in [3.05, 3.63) is 42.0 Å². The summed E-state index contributed by atoms with van der Waals surface area (Å²) in [7, 11) is 0. The van der Waals surface area contributed by atoms with Gasteiger partial charge in [0.15, 0.2) is 5.78 Å². The van der Waals surface area contributed by atoms with Crippen LogP contribution in [0.15, 0.2) is 36.4 Å². The Hall–Kier alpha value is -3.30. The average Bonchev–Trinajstić information content (AvgIpc) is 3.13. The predicted molar refractivity (Wildman–Crippen MR) is 122 cm³/mol. The van der Waals surface area contributed by atoms with Gasteiger partial charge in [-0.1, -0.05) is 37.3 Å². The molecule has 0 radical (unpaired) electrons. The molecular formula is C24H28F3N3O4. The Morgan fingerprint density at radius 3 is 2.38 bits per heavy atom. The number of benzene rings is 2. The number of anilines is 1. The molecule has 2 aromatic rings. The number of nitrogens with one attached hydrogen (secondary N) is 3. The summed E-state index contributed by atoms with van der Waals surface area (Å²) < 4.78 is 43.4. The van der Waals surface area contributed by atoms with E-state index in [1.54, 1.807) is 52.0 Å². The summed E-state index contributed by atoms with van der Waals surface area (Å²) in [4.78, 5) is 38.8. The third kappa shape index (κ3) is 5.78. The molecule has 0 saturated heterocycles. The van der Waals surface area contributed by atoms with Crippen molar-refractivity contribution in [3.8, 4) is 0 Å². The number of fused-ring (bicyclic) bond motifs is 3. The molecule has 2 aromatic carbocycles. The minimum atomic E-state index is -4.60. The summed E-state index contributed by atoms with van der Waals surface area (Å²) in [6.07, 6.45) is -5.20. The fraction of sp³-hybridized carbons (Fsp3) is 0.458. The van der Waals surface area contributed by atoms with Crippen LogP contribution in [0.5, 0.6) is 0 Å². The van der Waals surface area contributed by atoms with Gasteiger partial charge in [-0.15, -0.1) is 0 Å². The third-order valence-electron chi connectivity index (χ3n) is 5.42. The molecule has 2 amide bonds. The lowest BCUT2D eigenvalue weighted by atomic mass is 9.84. The van der Waals surface area contributed by atoms with Crippen LogP contribution in [0, 0.1) is 0 Å². The van der Waals surface area contributed by atoms with E-state index in [0.29, 0.717) is 16.6 Å². The SMILES string of the molecule is CC[C@H](NC(=O)OC(C)(C)C)C(=O)C1c2c(ccc3ccccc23)N[C@@H]1C(=O)NCC(F)(F)F. The van der Waals surface area contributed by atoms with Crippen molar-refractivity contribution in [2.24, 2.45) is 0 Å². The first-order valence-corrected chi connectivity index (χ1v) is 11.0. The summed E-state index contributed by atoms with van der Waals surface area (Å²) in [6, 6.07) is 8.43. The van der Waals surface area contributed by atoms with E-state index in [1.807, 2.05) is 17.4 Å². The van der Waals surface area contributed by atoms with Crippen LogP contribution >= 0.6 is 0 Å². The molecule has 0 spiro atoms. The van der Waals surface area contributed by atoms with Gasteiger partial charge in [0.1, 0.15) is 18.2 Å². The summed E-state index contributed by atoms with van der Waals surface area (Å²) in [6.45, 7) is 5.21. The third-order valence-corrected chi connectivity index (χ3v) is 5.42. The highest BCUT2D eigenvalue weighted by Crippen LogP contribution is 2.42. The van der Waals surface area contributed by atoms with Crippen LogP contribution in [0.1, 0.15) is 45.6 Å². The van der Waals surface area contributed by atoms with Gasteiger partial charge in [-0.2, -0.15) is 13.2 Å². The zero-order chi connectivity index (χ0) is 25.3. The molecule has 0 fully saturated rings. The second kappa shape index (κ2) is 9.52. The molecule has 10 heteroatoms. The lowest BCUT2D eigenvalue weighted by Gasteiger charge is -2.26. The largest absolute Gasteiger partial charge is 0.444 e. The zero-order valence-electron chi connectivity index (χ0n) is 19.4. The second-order valence-corrected chi connectivity index (χ2v) is 9.19. The number of ketones is 1. The number of ether oxygens (including phenoxy) is 1. The lowest BCUT2D eigenvalue weighted by Crippen LogP contribution is -2.50. The highest BCUT2D eigenvalue weighted by Gasteiger charge is 2.45. The lowest BCUT2D eigenvalue weighted by molar-refractivity contribution is -0.139. The summed E-state index contributed by atoms with van der Waals surface area (Å²) in [5.41, 5.74) is 0.208. The highest BCUT2D eigenvalue weighted by molar-refractivity contribution is 6.07. The van der Waals surface area contributed by atoms with Gasteiger partial charge in [-0.25, -0.2) is 4.79 Å². The summed E-state index contributed by atoms with van der Waals surface area (Å²) >= 11 is 0. The molecule has 184 valence electrons. The van der Waals surface area contributed by atoms with Gasteiger partial charge >= 0.3 is 12.3 Å². The number of hydrogen-bond donors (Lipinski definition) is 3. The molecule has 0 saturated carbocycles. The standard InChI is InChI=1S/C24H28F3N3O4/c1-5-15(30-22(33)34-23(2,3)4)20(31)18-17-14-9-7-6-8-13(14)10-11-16(17)29-19(18)21(32)28-12-24(25,26)27/h6-11,15,18-19,29H,5,12H2,1-4H3,(H,28,32)(H,30,33)/t15-,18?,19-/m0/s1. The van der Waals surface area contributed by atoms with Gasteiger partial charge in [0, 0.05) is 5.69 Å². The van der Waals surface area contributed by atoms with E-state index >= 15 is 0 Å². The molecule has 0 aliphatic carbocycles. The summed E-state index contributed by atoms with van der Waals surface area (Å²) in [5, 5.41) is 8.84. The van der Waals surface area contributed by atoms with Crippen molar-refractivity contribution < 1.29 is 32.3 Å². The van der Waals surface area contributed by atoms with Crippen molar-refractivity contribution in [3.63, 3.8) is 0 Å². The fourth-order valence-electron chi connectivity index (χ4n) is 4.04. The molecule has 1 heterocycles. The molecule has 3 atom stereocenters. The number of Topliss-reactive ketones (excluding diaryl/α,β-unsaturated/α-hetero) is 1. The molecule has 3 rings (SSSR count). The average molecular weight is 479 g/mol. The second-order valence-electron chi connectivity index (χ2n) is 9.19. The number of halogens is 3. The molecule has 34 heavy (non-hydrogen) atoms. The number of rotatable bonds is 6. The van der Waals surface area contributed by atoms with Crippen molar-refractivity contribution in [1.82, 2.24) is 10.6 Å². The first kappa shape index (κ1) is 25.3. The molecule has 1 unspecified atom stereocenters. The smallest absolute Gasteiger partial charge is 0.408 e. The van der Waals surface area contributed by atoms with Gasteiger partial charge in [-0.05, 0) is 49.6 Å². The van der Waals surface area contributed by atoms with Gasteiger partial charge in [0.05, 0.1) is 12.0 Å². The Morgan fingerprint density at radius 1 is 1.09 bits per heavy atom. The normalized spacial score (nSPS) is 18.6. The quantitative estimate of drug-likeness (QED) is 0.575. The van der Waals surface area contributed by atoms with Crippen LogP contribution in [0.4, 0.5) is 23.7 Å². The van der Waals surface area contributed by atoms with Crippen LogP contribution in [-0.2, 0) is 14.3 Å². The van der Waals surface area contributed by atoms with Crippen molar-refractivity contribution in [2.45, 2.75) is 63.9 Å². The van der Waals surface area contributed by atoms with E-state index in [1.165, 1.54) is 0 Å². The molecule has 1 aliphatic heterocycles. The topological polar surface area (TPSA) is 96.5 Å². The van der Waals surface area contributed by atoms with Gasteiger partial charge in [0.25, 0.3) is 0 Å². The van der Waals surface area contributed by atoms with Gasteiger partial charge < -0.3 is 20.7 Å². The molecule has 0 aromatic heterocycles. The van der Waals surface area contributed by atoms with Crippen LogP contribution in [0.25, 0.3) is 10.8 Å². The summed E-state index contributed by atoms with van der Waals surface area (Å²) in [5.74, 6) is -2.57. The van der Waals surface area contributed by atoms with E-state index in [-0.39, 0.29) is 6.42 Å². The fourth-order valence-corrected chi connectivity index (χ4v) is 4.04. The van der Waals surface area contributed by atoms with Crippen LogP contribution in [0.2, 0.25) is 0 Å². The minimum Gasteiger partial charge on any atom is -0.444 e. The first-order chi connectivity index (χ1) is 15.8. The maximum absolute atomic E-state index is 13.7. The van der Waals surface area contributed by atoms with Gasteiger partial charge in [0.2, 0.25) is 5.91 Å². The Balaban J connectivity index is 1.98. The first-order valence-electron chi connectivity index (χ1n) is 11.0. The number of amides is 2. The number of hydrogen-bond acceptors (Lipinski definition) is 5. The monoisotopic (exact) mass is 479 g/mol. The maximum atomic E-state index is 13.7. The van der Waals surface area contributed by atoms with Crippen LogP contribution < -0.4 is 16.0 Å². The molecule has 7 nitrogen and oxygen atoms in total. The highest BCUT2D eigenvalue weighted by atomic mass is 19.4. The molecule has 1 aliphatic rings. The predicted octanol–water partition coefficient (Wildman–Crippen LogP) is 4.27. The van der Waals surface area contributed by atoms with Gasteiger partial charge in [-0.3, -0.25) is 9.59 Å². The minimum absolute atomic E-state index is 0.200. The Morgan fingerprint density at radius 2 is 1.76 bits per heavy atom. The number of alkyl carbamates (subject to hydrolysis) is 1. The number of alkyl halides is 3. The maximum Gasteiger partial charge on any atom is 0.408 e. The van der Waals surface area contributed by atoms with E-state index in [9.17, 15) is 27.6 Å². The van der Waals surface area contributed by atoms with E-state index < -0.39 is 54.1 Å². The number of carbonyl (C=O) groups is 3. The Labute approximate surface area is 195 Å². The Kier molecular flexibility index (Phi) is 7.09. The van der Waals surface area contributed by atoms with E-state index in [0.717, 1.165) is 5.39 Å².